The van der Waals surface area contributed by atoms with Gasteiger partial charge in [-0.3, -0.25) is 14.4 Å². The van der Waals surface area contributed by atoms with E-state index in [-0.39, 0.29) is 17.6 Å². The molecule has 3 rings (SSSR count). The summed E-state index contributed by atoms with van der Waals surface area (Å²) in [5, 5.41) is 1.87. The molecule has 0 spiro atoms. The number of Topliss-reactive ketones (excluding diaryl/α,β-unsaturated/α-hetero) is 1. The molecule has 1 unspecified atom stereocenters. The predicted molar refractivity (Wildman–Crippen MR) is 98.6 cm³/mol. The Balaban J connectivity index is 1.54. The van der Waals surface area contributed by atoms with Crippen molar-refractivity contribution in [2.75, 3.05) is 39.0 Å². The Morgan fingerprint density at radius 1 is 1.20 bits per heavy atom. The first-order chi connectivity index (χ1) is 12.2. The van der Waals surface area contributed by atoms with E-state index in [1.54, 1.807) is 11.8 Å². The minimum atomic E-state index is -0.0825. The summed E-state index contributed by atoms with van der Waals surface area (Å²) in [6.07, 6.45) is 5.27. The number of carbonyl (C=O) groups excluding carboxylic acids is 2. The van der Waals surface area contributed by atoms with Crippen molar-refractivity contribution >= 4 is 23.5 Å². The second-order valence-corrected chi connectivity index (χ2v) is 7.52. The number of hydroxylamine groups is 2. The summed E-state index contributed by atoms with van der Waals surface area (Å²) in [5.41, 5.74) is 0.752. The lowest BCUT2D eigenvalue weighted by Gasteiger charge is -2.32. The Kier molecular flexibility index (Phi) is 6.51. The topological polar surface area (TPSA) is 49.9 Å². The highest BCUT2D eigenvalue weighted by Gasteiger charge is 2.29. The van der Waals surface area contributed by atoms with Gasteiger partial charge in [0.2, 0.25) is 5.91 Å². The van der Waals surface area contributed by atoms with Gasteiger partial charge in [0.25, 0.3) is 0 Å². The number of rotatable bonds is 6. The minimum absolute atomic E-state index is 0.0825. The van der Waals surface area contributed by atoms with E-state index in [1.807, 2.05) is 40.5 Å². The van der Waals surface area contributed by atoms with Crippen molar-refractivity contribution in [3.05, 3.63) is 29.8 Å². The van der Waals surface area contributed by atoms with Crippen LogP contribution in [0.2, 0.25) is 0 Å². The van der Waals surface area contributed by atoms with Crippen molar-refractivity contribution < 1.29 is 14.4 Å². The van der Waals surface area contributed by atoms with Gasteiger partial charge >= 0.3 is 0 Å². The van der Waals surface area contributed by atoms with Gasteiger partial charge in [0.1, 0.15) is 0 Å². The molecule has 2 fully saturated rings. The number of hydrogen-bond donors (Lipinski definition) is 0. The molecule has 0 aliphatic carbocycles. The third kappa shape index (κ3) is 4.84. The van der Waals surface area contributed by atoms with E-state index in [0.29, 0.717) is 19.5 Å². The van der Waals surface area contributed by atoms with E-state index in [2.05, 4.69) is 0 Å². The Labute approximate surface area is 153 Å². The van der Waals surface area contributed by atoms with Crippen LogP contribution >= 0.6 is 11.8 Å². The van der Waals surface area contributed by atoms with Crippen molar-refractivity contribution in [2.24, 2.45) is 5.92 Å². The molecule has 1 aromatic rings. The fourth-order valence-electron chi connectivity index (χ4n) is 3.46. The highest BCUT2D eigenvalue weighted by atomic mass is 32.2. The number of likely N-dealkylation sites (tertiary alicyclic amines) is 1. The molecule has 2 heterocycles. The molecule has 1 amide bonds. The number of piperidine rings is 1. The van der Waals surface area contributed by atoms with Crippen LogP contribution in [0, 0.1) is 5.92 Å². The van der Waals surface area contributed by atoms with Crippen LogP contribution in [0.25, 0.3) is 0 Å². The standard InChI is InChI=1S/C19H26N2O3S/c1-25-17-7-5-15(6-8-17)19(23)16-4-2-10-20(14-16)18(22)9-12-21-11-3-13-24-21/h5-8,16H,2-4,9-14H2,1H3. The van der Waals surface area contributed by atoms with Gasteiger partial charge in [-0.1, -0.05) is 12.1 Å². The van der Waals surface area contributed by atoms with Gasteiger partial charge in [0.05, 0.1) is 6.61 Å². The van der Waals surface area contributed by atoms with Crippen LogP contribution in [-0.2, 0) is 9.63 Å². The van der Waals surface area contributed by atoms with Crippen LogP contribution in [0.1, 0.15) is 36.0 Å². The van der Waals surface area contributed by atoms with Crippen LogP contribution in [0.3, 0.4) is 0 Å². The average molecular weight is 362 g/mol. The molecule has 136 valence electrons. The summed E-state index contributed by atoms with van der Waals surface area (Å²) in [5.74, 6) is 0.208. The Bertz CT molecular complexity index is 599. The zero-order valence-electron chi connectivity index (χ0n) is 14.8. The second kappa shape index (κ2) is 8.83. The molecule has 5 nitrogen and oxygen atoms in total. The summed E-state index contributed by atoms with van der Waals surface area (Å²) in [6.45, 7) is 3.60. The average Bonchev–Trinajstić information content (AvgIpc) is 3.19. The van der Waals surface area contributed by atoms with Crippen LogP contribution in [-0.4, -0.2) is 60.7 Å². The molecule has 25 heavy (non-hydrogen) atoms. The zero-order valence-corrected chi connectivity index (χ0v) is 15.6. The first-order valence-electron chi connectivity index (χ1n) is 9.01. The summed E-state index contributed by atoms with van der Waals surface area (Å²) in [4.78, 5) is 33.7. The van der Waals surface area contributed by atoms with Gasteiger partial charge in [-0.15, -0.1) is 11.8 Å². The molecule has 0 saturated carbocycles. The van der Waals surface area contributed by atoms with Crippen LogP contribution < -0.4 is 0 Å². The molecule has 2 aliphatic rings. The van der Waals surface area contributed by atoms with E-state index >= 15 is 0 Å². The van der Waals surface area contributed by atoms with Gasteiger partial charge in [-0.2, -0.15) is 5.06 Å². The number of carbonyl (C=O) groups is 2. The van der Waals surface area contributed by atoms with Crippen molar-refractivity contribution in [1.29, 1.82) is 0 Å². The molecule has 2 saturated heterocycles. The predicted octanol–water partition coefficient (Wildman–Crippen LogP) is 2.86. The fraction of sp³-hybridized carbons (Fsp3) is 0.579. The third-order valence-electron chi connectivity index (χ3n) is 4.92. The van der Waals surface area contributed by atoms with Crippen molar-refractivity contribution in [3.8, 4) is 0 Å². The molecular formula is C19H26N2O3S. The monoisotopic (exact) mass is 362 g/mol. The summed E-state index contributed by atoms with van der Waals surface area (Å²) >= 11 is 1.67. The second-order valence-electron chi connectivity index (χ2n) is 6.64. The molecular weight excluding hydrogens is 336 g/mol. The molecule has 1 aromatic carbocycles. The Hall–Kier alpha value is -1.37. The highest BCUT2D eigenvalue weighted by Crippen LogP contribution is 2.23. The number of thioether (sulfide) groups is 1. The molecule has 6 heteroatoms. The van der Waals surface area contributed by atoms with E-state index in [0.717, 1.165) is 49.4 Å². The van der Waals surface area contributed by atoms with Gasteiger partial charge in [0.15, 0.2) is 5.78 Å². The number of nitrogens with zero attached hydrogens (tertiary/aromatic N) is 2. The smallest absolute Gasteiger partial charge is 0.223 e. The first kappa shape index (κ1) is 18.4. The number of amides is 1. The molecule has 0 N–H and O–H groups in total. The largest absolute Gasteiger partial charge is 0.342 e. The first-order valence-corrected chi connectivity index (χ1v) is 10.2. The van der Waals surface area contributed by atoms with Crippen molar-refractivity contribution in [1.82, 2.24) is 9.96 Å². The SMILES string of the molecule is CSc1ccc(C(=O)C2CCCN(C(=O)CCN3CCCO3)C2)cc1. The lowest BCUT2D eigenvalue weighted by atomic mass is 9.90. The number of hydrogen-bond acceptors (Lipinski definition) is 5. The normalized spacial score (nSPS) is 21.5. The summed E-state index contributed by atoms with van der Waals surface area (Å²) < 4.78 is 0. The molecule has 1 atom stereocenters. The maximum absolute atomic E-state index is 12.8. The highest BCUT2D eigenvalue weighted by molar-refractivity contribution is 7.98. The van der Waals surface area contributed by atoms with Crippen LogP contribution in [0.15, 0.2) is 29.2 Å². The summed E-state index contributed by atoms with van der Waals surface area (Å²) in [6, 6.07) is 7.78. The molecule has 2 aliphatic heterocycles. The Morgan fingerprint density at radius 2 is 2.00 bits per heavy atom. The molecule has 0 aromatic heterocycles. The fourth-order valence-corrected chi connectivity index (χ4v) is 3.87. The Morgan fingerprint density at radius 3 is 2.68 bits per heavy atom. The van der Waals surface area contributed by atoms with Gasteiger partial charge in [-0.25, -0.2) is 0 Å². The van der Waals surface area contributed by atoms with Crippen LogP contribution in [0.4, 0.5) is 0 Å². The molecule has 0 bridgehead atoms. The number of ketones is 1. The van der Waals surface area contributed by atoms with Crippen molar-refractivity contribution in [3.63, 3.8) is 0 Å². The van der Waals surface area contributed by atoms with Crippen LogP contribution in [0.5, 0.6) is 0 Å². The van der Waals surface area contributed by atoms with Crippen molar-refractivity contribution in [2.45, 2.75) is 30.6 Å². The van der Waals surface area contributed by atoms with E-state index in [1.165, 1.54) is 0 Å². The lowest BCUT2D eigenvalue weighted by molar-refractivity contribution is -0.139. The van der Waals surface area contributed by atoms with E-state index in [9.17, 15) is 9.59 Å². The van der Waals surface area contributed by atoms with Gasteiger partial charge < -0.3 is 4.90 Å². The summed E-state index contributed by atoms with van der Waals surface area (Å²) in [7, 11) is 0. The minimum Gasteiger partial charge on any atom is -0.342 e. The van der Waals surface area contributed by atoms with E-state index < -0.39 is 0 Å². The third-order valence-corrected chi connectivity index (χ3v) is 5.66. The maximum atomic E-state index is 12.8. The van der Waals surface area contributed by atoms with Gasteiger partial charge in [0, 0.05) is 49.0 Å². The number of benzene rings is 1. The zero-order chi connectivity index (χ0) is 17.6. The lowest BCUT2D eigenvalue weighted by Crippen LogP contribution is -2.43. The van der Waals surface area contributed by atoms with E-state index in [4.69, 9.17) is 4.84 Å². The molecule has 0 radical (unpaired) electrons. The maximum Gasteiger partial charge on any atom is 0.223 e. The quantitative estimate of drug-likeness (QED) is 0.575. The van der Waals surface area contributed by atoms with Gasteiger partial charge in [-0.05, 0) is 37.7 Å².